The van der Waals surface area contributed by atoms with E-state index in [2.05, 4.69) is 9.88 Å². The molecule has 0 N–H and O–H groups in total. The fourth-order valence-corrected chi connectivity index (χ4v) is 3.80. The Balaban J connectivity index is 1.69. The highest BCUT2D eigenvalue weighted by Gasteiger charge is 2.28. The van der Waals surface area contributed by atoms with E-state index < -0.39 is 0 Å². The molecule has 1 saturated heterocycles. The first-order valence-electron chi connectivity index (χ1n) is 8.96. The maximum Gasteiger partial charge on any atom is 0.262 e. The molecule has 0 spiro atoms. The van der Waals surface area contributed by atoms with Crippen LogP contribution in [0.3, 0.4) is 0 Å². The number of benzene rings is 1. The van der Waals surface area contributed by atoms with Crippen molar-refractivity contribution in [3.8, 4) is 5.75 Å². The lowest BCUT2D eigenvalue weighted by molar-refractivity contribution is 0.0985. The minimum Gasteiger partial charge on any atom is -0.497 e. The molecule has 0 atom stereocenters. The Morgan fingerprint density at radius 1 is 1.12 bits per heavy atom. The standard InChI is InChI=1S/C20H23N3O2/c1-25-16-8-9-18-15(14-16)6-5-13-23(18)20(24)17-7-4-10-21-19(17)22-11-2-3-12-22/h4,7-10,14H,2-3,5-6,11-13H2,1H3. The van der Waals surface area contributed by atoms with Crippen LogP contribution in [0, 0.1) is 0 Å². The van der Waals surface area contributed by atoms with Gasteiger partial charge in [-0.3, -0.25) is 4.79 Å². The number of hydrogen-bond acceptors (Lipinski definition) is 4. The highest BCUT2D eigenvalue weighted by molar-refractivity contribution is 6.09. The molecule has 1 amide bonds. The second-order valence-corrected chi connectivity index (χ2v) is 6.62. The van der Waals surface area contributed by atoms with Gasteiger partial charge in [0.25, 0.3) is 5.91 Å². The zero-order valence-electron chi connectivity index (χ0n) is 14.6. The Bertz CT molecular complexity index is 784. The number of nitrogens with zero attached hydrogens (tertiary/aromatic N) is 3. The van der Waals surface area contributed by atoms with Gasteiger partial charge in [-0.1, -0.05) is 0 Å². The summed E-state index contributed by atoms with van der Waals surface area (Å²) >= 11 is 0. The summed E-state index contributed by atoms with van der Waals surface area (Å²) < 4.78 is 5.33. The van der Waals surface area contributed by atoms with Crippen LogP contribution in [0.2, 0.25) is 0 Å². The van der Waals surface area contributed by atoms with E-state index in [-0.39, 0.29) is 5.91 Å². The molecule has 4 rings (SSSR count). The molecule has 0 saturated carbocycles. The van der Waals surface area contributed by atoms with E-state index in [1.54, 1.807) is 13.3 Å². The van der Waals surface area contributed by atoms with Crippen LogP contribution in [-0.2, 0) is 6.42 Å². The van der Waals surface area contributed by atoms with E-state index in [1.807, 2.05) is 35.2 Å². The molecule has 1 fully saturated rings. The normalized spacial score (nSPS) is 16.7. The number of carbonyl (C=O) groups excluding carboxylic acids is 1. The predicted octanol–water partition coefficient (Wildman–Crippen LogP) is 3.28. The van der Waals surface area contributed by atoms with Gasteiger partial charge < -0.3 is 14.5 Å². The maximum absolute atomic E-state index is 13.3. The lowest BCUT2D eigenvalue weighted by Gasteiger charge is -2.31. The number of methoxy groups -OCH3 is 1. The zero-order valence-corrected chi connectivity index (χ0v) is 14.6. The predicted molar refractivity (Wildman–Crippen MR) is 98.7 cm³/mol. The number of ether oxygens (including phenoxy) is 1. The monoisotopic (exact) mass is 337 g/mol. The zero-order chi connectivity index (χ0) is 17.2. The summed E-state index contributed by atoms with van der Waals surface area (Å²) in [6.07, 6.45) is 6.04. The number of amides is 1. The summed E-state index contributed by atoms with van der Waals surface area (Å²) in [5, 5.41) is 0. The molecule has 0 unspecified atom stereocenters. The number of anilines is 2. The summed E-state index contributed by atoms with van der Waals surface area (Å²) in [4.78, 5) is 22.0. The van der Waals surface area contributed by atoms with Gasteiger partial charge in [0.05, 0.1) is 12.7 Å². The maximum atomic E-state index is 13.3. The van der Waals surface area contributed by atoms with Crippen molar-refractivity contribution < 1.29 is 9.53 Å². The van der Waals surface area contributed by atoms with Crippen LogP contribution >= 0.6 is 0 Å². The number of hydrogen-bond donors (Lipinski definition) is 0. The molecule has 0 aliphatic carbocycles. The average Bonchev–Trinajstić information content (AvgIpc) is 3.21. The van der Waals surface area contributed by atoms with Crippen molar-refractivity contribution in [3.05, 3.63) is 47.7 Å². The van der Waals surface area contributed by atoms with Crippen LogP contribution in [0.15, 0.2) is 36.5 Å². The van der Waals surface area contributed by atoms with Gasteiger partial charge in [-0.05, 0) is 61.6 Å². The summed E-state index contributed by atoms with van der Waals surface area (Å²) in [5.41, 5.74) is 2.87. The first-order valence-corrected chi connectivity index (χ1v) is 8.96. The van der Waals surface area contributed by atoms with Gasteiger partial charge in [0.15, 0.2) is 0 Å². The van der Waals surface area contributed by atoms with E-state index >= 15 is 0 Å². The van der Waals surface area contributed by atoms with Gasteiger partial charge in [-0.2, -0.15) is 0 Å². The largest absolute Gasteiger partial charge is 0.497 e. The Hall–Kier alpha value is -2.56. The number of pyridine rings is 1. The van der Waals surface area contributed by atoms with Gasteiger partial charge in [-0.25, -0.2) is 4.98 Å². The third-order valence-corrected chi connectivity index (χ3v) is 5.07. The second-order valence-electron chi connectivity index (χ2n) is 6.62. The summed E-state index contributed by atoms with van der Waals surface area (Å²) in [5.74, 6) is 1.71. The van der Waals surface area contributed by atoms with Crippen LogP contribution in [0.25, 0.3) is 0 Å². The Kier molecular flexibility index (Phi) is 4.30. The average molecular weight is 337 g/mol. The van der Waals surface area contributed by atoms with E-state index in [9.17, 15) is 4.79 Å². The van der Waals surface area contributed by atoms with E-state index in [0.29, 0.717) is 5.56 Å². The first kappa shape index (κ1) is 15.9. The molecule has 2 aliphatic rings. The number of aryl methyl sites for hydroxylation is 1. The molecule has 3 heterocycles. The van der Waals surface area contributed by atoms with E-state index in [0.717, 1.165) is 62.6 Å². The molecule has 130 valence electrons. The summed E-state index contributed by atoms with van der Waals surface area (Å²) in [6, 6.07) is 9.72. The molecular weight excluding hydrogens is 314 g/mol. The molecule has 0 bridgehead atoms. The molecule has 1 aromatic heterocycles. The van der Waals surface area contributed by atoms with Crippen molar-refractivity contribution in [2.75, 3.05) is 36.5 Å². The SMILES string of the molecule is COc1ccc2c(c1)CCCN2C(=O)c1cccnc1N1CCCC1. The van der Waals surface area contributed by atoms with Crippen LogP contribution in [0.1, 0.15) is 35.2 Å². The minimum atomic E-state index is 0.0427. The van der Waals surface area contributed by atoms with E-state index in [1.165, 1.54) is 5.56 Å². The van der Waals surface area contributed by atoms with Crippen LogP contribution in [0.5, 0.6) is 5.75 Å². The highest BCUT2D eigenvalue weighted by atomic mass is 16.5. The van der Waals surface area contributed by atoms with Crippen molar-refractivity contribution in [3.63, 3.8) is 0 Å². The van der Waals surface area contributed by atoms with Crippen molar-refractivity contribution >= 4 is 17.4 Å². The van der Waals surface area contributed by atoms with Crippen LogP contribution in [-0.4, -0.2) is 37.6 Å². The van der Waals surface area contributed by atoms with Gasteiger partial charge in [0, 0.05) is 31.5 Å². The van der Waals surface area contributed by atoms with Crippen LogP contribution < -0.4 is 14.5 Å². The Labute approximate surface area is 148 Å². The molecule has 5 nitrogen and oxygen atoms in total. The quantitative estimate of drug-likeness (QED) is 0.862. The number of carbonyl (C=O) groups is 1. The second kappa shape index (κ2) is 6.75. The Morgan fingerprint density at radius 3 is 2.76 bits per heavy atom. The molecule has 0 radical (unpaired) electrons. The topological polar surface area (TPSA) is 45.7 Å². The van der Waals surface area contributed by atoms with Crippen molar-refractivity contribution in [1.82, 2.24) is 4.98 Å². The smallest absolute Gasteiger partial charge is 0.262 e. The molecule has 1 aromatic carbocycles. The summed E-state index contributed by atoms with van der Waals surface area (Å²) in [7, 11) is 1.67. The lowest BCUT2D eigenvalue weighted by atomic mass is 10.0. The number of fused-ring (bicyclic) bond motifs is 1. The molecule has 2 aliphatic heterocycles. The van der Waals surface area contributed by atoms with Gasteiger partial charge in [0.1, 0.15) is 11.6 Å². The van der Waals surface area contributed by atoms with E-state index in [4.69, 9.17) is 4.74 Å². The van der Waals surface area contributed by atoms with Gasteiger partial charge in [0.2, 0.25) is 0 Å². The summed E-state index contributed by atoms with van der Waals surface area (Å²) in [6.45, 7) is 2.70. The highest BCUT2D eigenvalue weighted by Crippen LogP contribution is 2.33. The first-order chi connectivity index (χ1) is 12.3. The third kappa shape index (κ3) is 2.95. The molecule has 25 heavy (non-hydrogen) atoms. The lowest BCUT2D eigenvalue weighted by Crippen LogP contribution is -2.36. The Morgan fingerprint density at radius 2 is 1.96 bits per heavy atom. The van der Waals surface area contributed by atoms with Crippen molar-refractivity contribution in [1.29, 1.82) is 0 Å². The van der Waals surface area contributed by atoms with Crippen LogP contribution in [0.4, 0.5) is 11.5 Å². The van der Waals surface area contributed by atoms with Crippen molar-refractivity contribution in [2.45, 2.75) is 25.7 Å². The van der Waals surface area contributed by atoms with Gasteiger partial charge >= 0.3 is 0 Å². The van der Waals surface area contributed by atoms with Gasteiger partial charge in [-0.15, -0.1) is 0 Å². The fraction of sp³-hybridized carbons (Fsp3) is 0.400. The van der Waals surface area contributed by atoms with Crippen molar-refractivity contribution in [2.24, 2.45) is 0 Å². The number of aromatic nitrogens is 1. The number of rotatable bonds is 3. The minimum absolute atomic E-state index is 0.0427. The fourth-order valence-electron chi connectivity index (χ4n) is 3.80. The molecule has 5 heteroatoms. The molecular formula is C20H23N3O2. The molecule has 2 aromatic rings. The third-order valence-electron chi connectivity index (χ3n) is 5.07.